The monoisotopic (exact) mass is 795 g/mol. The summed E-state index contributed by atoms with van der Waals surface area (Å²) in [5.41, 5.74) is 1.68. The van der Waals surface area contributed by atoms with Crippen molar-refractivity contribution in [3.05, 3.63) is 155 Å². The zero-order valence-electron chi connectivity index (χ0n) is 28.5. The zero-order valence-corrected chi connectivity index (χ0v) is 30.1. The summed E-state index contributed by atoms with van der Waals surface area (Å²) < 4.78 is 79.5. The van der Waals surface area contributed by atoms with Crippen LogP contribution in [0.3, 0.4) is 0 Å². The maximum atomic E-state index is 13.3. The lowest BCUT2D eigenvalue weighted by atomic mass is 10.1. The van der Waals surface area contributed by atoms with Crippen LogP contribution in [-0.4, -0.2) is 40.1 Å². The van der Waals surface area contributed by atoms with Gasteiger partial charge < -0.3 is 0 Å². The molecule has 56 heavy (non-hydrogen) atoms. The first-order valence-electron chi connectivity index (χ1n) is 16.4. The van der Waals surface area contributed by atoms with Crippen molar-refractivity contribution in [2.45, 2.75) is 12.4 Å². The van der Waals surface area contributed by atoms with E-state index in [2.05, 4.69) is 19.9 Å². The Kier molecular flexibility index (Phi) is 10.3. The number of hydrogen-bond acceptors (Lipinski definition) is 9. The second kappa shape index (κ2) is 15.1. The van der Waals surface area contributed by atoms with Crippen LogP contribution in [0, 0.1) is 16.2 Å². The molecule has 0 fully saturated rings. The molecule has 4 aromatic heterocycles. The quantitative estimate of drug-likeness (QED) is 0.0571. The van der Waals surface area contributed by atoms with Crippen LogP contribution in [0.25, 0.3) is 44.3 Å². The Bertz CT molecular complexity index is 2550. The lowest BCUT2D eigenvalue weighted by Gasteiger charge is -2.10. The zero-order chi connectivity index (χ0) is 39.8. The van der Waals surface area contributed by atoms with Crippen molar-refractivity contribution in [3.63, 3.8) is 0 Å². The molecule has 0 aliphatic rings. The number of halogens is 6. The summed E-state index contributed by atoms with van der Waals surface area (Å²) in [6.07, 6.45) is -9.02. The van der Waals surface area contributed by atoms with Crippen LogP contribution < -0.4 is 5.41 Å². The fourth-order valence-electron chi connectivity index (χ4n) is 5.66. The summed E-state index contributed by atoms with van der Waals surface area (Å²) in [5.74, 6) is 0. The molecule has 0 bridgehead atoms. The molecule has 3 aromatic carbocycles. The van der Waals surface area contributed by atoms with E-state index in [4.69, 9.17) is 21.6 Å². The molecule has 0 saturated heterocycles. The number of nitrogens with two attached hydrogens (primary N) is 1. The van der Waals surface area contributed by atoms with Crippen molar-refractivity contribution in [1.82, 2.24) is 19.9 Å². The van der Waals surface area contributed by atoms with Gasteiger partial charge in [0.15, 0.2) is 0 Å². The Morgan fingerprint density at radius 1 is 0.464 bits per heavy atom. The maximum absolute atomic E-state index is 13.3. The minimum absolute atomic E-state index is 0.0268. The highest BCUT2D eigenvalue weighted by Gasteiger charge is 2.31. The number of pyridine rings is 4. The molecular weight excluding hydrogens is 771 g/mol. The average molecular weight is 796 g/mol. The number of alkyl halides is 6. The van der Waals surface area contributed by atoms with E-state index in [1.807, 2.05) is 6.07 Å². The summed E-state index contributed by atoms with van der Waals surface area (Å²) in [5, 5.41) is 33.8. The molecule has 0 atom stereocenters. The fraction of sp³-hybridized carbons (Fsp3) is 0.0500. The summed E-state index contributed by atoms with van der Waals surface area (Å²) in [4.78, 5) is 18.1. The number of fused-ring (bicyclic) bond motifs is 3. The number of aromatic nitrogens is 4. The topological polar surface area (TPSA) is 149 Å². The van der Waals surface area contributed by atoms with E-state index >= 15 is 0 Å². The van der Waals surface area contributed by atoms with Crippen LogP contribution in [0.5, 0.6) is 0 Å². The Hall–Kier alpha value is -6.26. The Balaban J connectivity index is 1.04. The van der Waals surface area contributed by atoms with Gasteiger partial charge in [-0.05, 0) is 96.7 Å². The van der Waals surface area contributed by atoms with Crippen molar-refractivity contribution >= 4 is 65.5 Å². The number of benzene rings is 3. The lowest BCUT2D eigenvalue weighted by Crippen LogP contribution is -2.39. The lowest BCUT2D eigenvalue weighted by molar-refractivity contribution is -0.138. The summed E-state index contributed by atoms with van der Waals surface area (Å²) in [7, 11) is 0. The van der Waals surface area contributed by atoms with E-state index in [-0.39, 0.29) is 54.1 Å². The van der Waals surface area contributed by atoms with Crippen molar-refractivity contribution in [1.29, 1.82) is 16.2 Å². The molecule has 5 N–H and O–H groups in total. The predicted molar refractivity (Wildman–Crippen MR) is 208 cm³/mol. The SMILES string of the molecule is N=C(SC(=N)c1ccc2c(ccc3nc(C(=[NH2+])SC(=N)c4cccc(-c5cccc(C(F)(F)F)c5)n4)ccc32)n1)c1cccc(-c2cccc(C(F)(F)F)c2)n1. The van der Waals surface area contributed by atoms with E-state index in [9.17, 15) is 26.3 Å². The van der Waals surface area contributed by atoms with Gasteiger partial charge in [0.25, 0.3) is 5.04 Å². The normalized spacial score (nSPS) is 11.8. The van der Waals surface area contributed by atoms with Crippen LogP contribution >= 0.6 is 23.5 Å². The van der Waals surface area contributed by atoms with Crippen LogP contribution in [0.15, 0.2) is 121 Å². The minimum Gasteiger partial charge on any atom is -0.292 e. The van der Waals surface area contributed by atoms with Crippen LogP contribution in [0.2, 0.25) is 0 Å². The Morgan fingerprint density at radius 3 is 1.36 bits per heavy atom. The van der Waals surface area contributed by atoms with Gasteiger partial charge in [0, 0.05) is 33.7 Å². The van der Waals surface area contributed by atoms with Gasteiger partial charge in [0.1, 0.15) is 20.8 Å². The number of hydrogen-bond donors (Lipinski definition) is 4. The molecule has 0 spiro atoms. The first kappa shape index (κ1) is 38.0. The van der Waals surface area contributed by atoms with E-state index in [1.54, 1.807) is 66.7 Å². The van der Waals surface area contributed by atoms with Gasteiger partial charge in [0.05, 0.1) is 50.6 Å². The van der Waals surface area contributed by atoms with Crippen molar-refractivity contribution in [2.75, 3.05) is 0 Å². The summed E-state index contributed by atoms with van der Waals surface area (Å²) >= 11 is 1.72. The molecule has 0 amide bonds. The van der Waals surface area contributed by atoms with Gasteiger partial charge in [-0.3, -0.25) is 16.2 Å². The number of thioether (sulfide) groups is 2. The highest BCUT2D eigenvalue weighted by atomic mass is 32.2. The first-order chi connectivity index (χ1) is 26.6. The molecule has 7 aromatic rings. The van der Waals surface area contributed by atoms with E-state index < -0.39 is 23.5 Å². The van der Waals surface area contributed by atoms with Crippen LogP contribution in [0.1, 0.15) is 33.9 Å². The molecule has 0 unspecified atom stereocenters. The van der Waals surface area contributed by atoms with Gasteiger partial charge in [-0.25, -0.2) is 25.3 Å². The number of rotatable bonds is 6. The third-order valence-electron chi connectivity index (χ3n) is 8.37. The minimum atomic E-state index is -4.51. The molecule has 0 saturated carbocycles. The van der Waals surface area contributed by atoms with E-state index in [0.29, 0.717) is 22.4 Å². The van der Waals surface area contributed by atoms with Gasteiger partial charge in [0.2, 0.25) is 0 Å². The van der Waals surface area contributed by atoms with Crippen molar-refractivity contribution in [3.8, 4) is 22.5 Å². The van der Waals surface area contributed by atoms with Crippen LogP contribution in [0.4, 0.5) is 26.3 Å². The molecule has 0 radical (unpaired) electrons. The van der Waals surface area contributed by atoms with E-state index in [0.717, 1.165) is 58.6 Å². The van der Waals surface area contributed by atoms with Gasteiger partial charge in [-0.15, -0.1) is 0 Å². The standard InChI is InChI=1S/C40H24F6N8S2/c41-39(42,43)23-7-1-5-21(19-23)27-9-3-11-31(51-27)35(47)55-37(49)33-15-13-25-26-14-16-34(54-30(26)18-17-29(25)53-33)38(50)56-36(48)32-12-4-10-28(52-32)22-6-2-8-24(20-22)40(44,45)46/h1-20,47-50H/p+1. The second-order valence-corrected chi connectivity index (χ2v) is 14.2. The average Bonchev–Trinajstić information content (AvgIpc) is 3.19. The molecule has 0 aliphatic heterocycles. The van der Waals surface area contributed by atoms with Crippen LogP contribution in [-0.2, 0) is 12.4 Å². The number of nitrogens with one attached hydrogen (secondary N) is 3. The van der Waals surface area contributed by atoms with Gasteiger partial charge in [-0.1, -0.05) is 36.4 Å². The summed E-state index contributed by atoms with van der Waals surface area (Å²) in [6.45, 7) is 0. The third-order valence-corrected chi connectivity index (χ3v) is 10.0. The fourth-order valence-corrected chi connectivity index (χ4v) is 6.95. The second-order valence-electron chi connectivity index (χ2n) is 12.1. The molecule has 16 heteroatoms. The highest BCUT2D eigenvalue weighted by molar-refractivity contribution is 8.27. The molecule has 278 valence electrons. The van der Waals surface area contributed by atoms with Crippen molar-refractivity contribution in [2.24, 2.45) is 0 Å². The molecular formula is C40H25F6N8S2+. The largest absolute Gasteiger partial charge is 0.416 e. The Labute approximate surface area is 322 Å². The predicted octanol–water partition coefficient (Wildman–Crippen LogP) is 9.29. The Morgan fingerprint density at radius 2 is 0.875 bits per heavy atom. The smallest absolute Gasteiger partial charge is 0.292 e. The third kappa shape index (κ3) is 8.21. The van der Waals surface area contributed by atoms with E-state index in [1.165, 1.54) is 24.3 Å². The maximum Gasteiger partial charge on any atom is 0.416 e. The first-order valence-corrected chi connectivity index (χ1v) is 18.0. The molecule has 8 nitrogen and oxygen atoms in total. The highest BCUT2D eigenvalue weighted by Crippen LogP contribution is 2.34. The molecule has 0 aliphatic carbocycles. The summed E-state index contributed by atoms with van der Waals surface area (Å²) in [6, 6.07) is 29.4. The number of nitrogens with zero attached hydrogens (tertiary/aromatic N) is 4. The van der Waals surface area contributed by atoms with Crippen molar-refractivity contribution < 1.29 is 31.8 Å². The molecule has 7 rings (SSSR count). The van der Waals surface area contributed by atoms with Gasteiger partial charge in [-0.2, -0.15) is 26.3 Å². The van der Waals surface area contributed by atoms with Gasteiger partial charge >= 0.3 is 12.4 Å². The molecule has 4 heterocycles.